The molecule has 4 nitrogen and oxygen atoms in total. The number of unbranched alkanes of at least 4 members (excludes halogenated alkanes) is 1. The zero-order valence-electron chi connectivity index (χ0n) is 15.3. The van der Waals surface area contributed by atoms with Gasteiger partial charge < -0.3 is 14.2 Å². The quantitative estimate of drug-likeness (QED) is 0.342. The number of carbonyl (C=O) groups is 1. The maximum atomic E-state index is 12.9. The SMILES string of the molecule is CCCCOc1ccc(CCC(=O)Oc2ccc(F)cc2)cc1OCC. The Balaban J connectivity index is 1.92. The Morgan fingerprint density at radius 1 is 1.00 bits per heavy atom. The molecule has 26 heavy (non-hydrogen) atoms. The van der Waals surface area contributed by atoms with Gasteiger partial charge in [-0.2, -0.15) is 0 Å². The molecule has 0 amide bonds. The van der Waals surface area contributed by atoms with E-state index >= 15 is 0 Å². The summed E-state index contributed by atoms with van der Waals surface area (Å²) < 4.78 is 29.5. The van der Waals surface area contributed by atoms with Crippen molar-refractivity contribution in [2.45, 2.75) is 39.5 Å². The molecule has 140 valence electrons. The lowest BCUT2D eigenvalue weighted by atomic mass is 10.1. The highest BCUT2D eigenvalue weighted by Gasteiger charge is 2.10. The fourth-order valence-corrected chi connectivity index (χ4v) is 2.35. The van der Waals surface area contributed by atoms with Crippen molar-refractivity contribution in [3.63, 3.8) is 0 Å². The number of rotatable bonds is 10. The predicted molar refractivity (Wildman–Crippen MR) is 98.4 cm³/mol. The van der Waals surface area contributed by atoms with Crippen LogP contribution in [0.2, 0.25) is 0 Å². The van der Waals surface area contributed by atoms with Gasteiger partial charge >= 0.3 is 5.97 Å². The van der Waals surface area contributed by atoms with Crippen LogP contribution in [0.1, 0.15) is 38.7 Å². The summed E-state index contributed by atoms with van der Waals surface area (Å²) in [5.74, 6) is 1.02. The van der Waals surface area contributed by atoms with Crippen LogP contribution in [0.15, 0.2) is 42.5 Å². The van der Waals surface area contributed by atoms with Gasteiger partial charge in [0.25, 0.3) is 0 Å². The summed E-state index contributed by atoms with van der Waals surface area (Å²) in [5.41, 5.74) is 0.965. The zero-order chi connectivity index (χ0) is 18.8. The highest BCUT2D eigenvalue weighted by molar-refractivity contribution is 5.72. The van der Waals surface area contributed by atoms with Gasteiger partial charge in [-0.15, -0.1) is 0 Å². The molecule has 0 N–H and O–H groups in total. The van der Waals surface area contributed by atoms with Gasteiger partial charge in [0.2, 0.25) is 0 Å². The van der Waals surface area contributed by atoms with Crippen molar-refractivity contribution in [3.05, 3.63) is 53.8 Å². The summed E-state index contributed by atoms with van der Waals surface area (Å²) >= 11 is 0. The van der Waals surface area contributed by atoms with Crippen LogP contribution in [-0.4, -0.2) is 19.2 Å². The summed E-state index contributed by atoms with van der Waals surface area (Å²) in [6.07, 6.45) is 2.80. The number of hydrogen-bond donors (Lipinski definition) is 0. The molecule has 0 aromatic heterocycles. The molecule has 0 atom stereocenters. The van der Waals surface area contributed by atoms with Crippen molar-refractivity contribution in [2.24, 2.45) is 0 Å². The molecular formula is C21H25FO4. The maximum Gasteiger partial charge on any atom is 0.311 e. The van der Waals surface area contributed by atoms with Crippen molar-refractivity contribution >= 4 is 5.97 Å². The van der Waals surface area contributed by atoms with Crippen LogP contribution >= 0.6 is 0 Å². The first kappa shape index (κ1) is 19.8. The third kappa shape index (κ3) is 6.39. The van der Waals surface area contributed by atoms with E-state index in [-0.39, 0.29) is 18.2 Å². The minimum absolute atomic E-state index is 0.221. The van der Waals surface area contributed by atoms with Gasteiger partial charge in [0.05, 0.1) is 13.2 Å². The molecule has 0 radical (unpaired) electrons. The van der Waals surface area contributed by atoms with Gasteiger partial charge in [0.15, 0.2) is 11.5 Å². The maximum absolute atomic E-state index is 12.9. The van der Waals surface area contributed by atoms with E-state index in [1.165, 1.54) is 24.3 Å². The van der Waals surface area contributed by atoms with Crippen LogP contribution in [0.4, 0.5) is 4.39 Å². The van der Waals surface area contributed by atoms with Crippen LogP contribution in [-0.2, 0) is 11.2 Å². The monoisotopic (exact) mass is 360 g/mol. The normalized spacial score (nSPS) is 10.4. The Kier molecular flexibility index (Phi) is 7.93. The average Bonchev–Trinajstić information content (AvgIpc) is 2.64. The molecule has 0 aliphatic carbocycles. The van der Waals surface area contributed by atoms with Crippen LogP contribution in [0, 0.1) is 5.82 Å². The fraction of sp³-hybridized carbons (Fsp3) is 0.381. The summed E-state index contributed by atoms with van der Waals surface area (Å²) in [6.45, 7) is 5.23. The second kappa shape index (κ2) is 10.4. The lowest BCUT2D eigenvalue weighted by Crippen LogP contribution is -2.09. The van der Waals surface area contributed by atoms with E-state index in [0.29, 0.717) is 31.1 Å². The van der Waals surface area contributed by atoms with Gasteiger partial charge in [-0.1, -0.05) is 19.4 Å². The van der Waals surface area contributed by atoms with Gasteiger partial charge in [-0.3, -0.25) is 4.79 Å². The molecule has 2 aromatic rings. The van der Waals surface area contributed by atoms with Crippen molar-refractivity contribution in [2.75, 3.05) is 13.2 Å². The van der Waals surface area contributed by atoms with E-state index in [1.807, 2.05) is 25.1 Å². The first-order valence-corrected chi connectivity index (χ1v) is 8.97. The number of aryl methyl sites for hydroxylation is 1. The molecule has 0 saturated heterocycles. The lowest BCUT2D eigenvalue weighted by molar-refractivity contribution is -0.134. The first-order chi connectivity index (χ1) is 12.6. The van der Waals surface area contributed by atoms with Crippen LogP contribution < -0.4 is 14.2 Å². The standard InChI is InChI=1S/C21H25FO4/c1-3-5-14-25-19-12-6-16(15-20(19)24-4-2)7-13-21(23)26-18-10-8-17(22)9-11-18/h6,8-12,15H,3-5,7,13-14H2,1-2H3. The molecule has 0 bridgehead atoms. The number of halogens is 1. The van der Waals surface area contributed by atoms with E-state index in [9.17, 15) is 9.18 Å². The summed E-state index contributed by atoms with van der Waals surface area (Å²) in [6, 6.07) is 11.1. The van der Waals surface area contributed by atoms with Crippen molar-refractivity contribution in [1.29, 1.82) is 0 Å². The molecule has 5 heteroatoms. The Labute approximate surface area is 153 Å². The fourth-order valence-electron chi connectivity index (χ4n) is 2.35. The Hall–Kier alpha value is -2.56. The molecule has 0 saturated carbocycles. The highest BCUT2D eigenvalue weighted by Crippen LogP contribution is 2.29. The van der Waals surface area contributed by atoms with Crippen LogP contribution in [0.25, 0.3) is 0 Å². The number of esters is 1. The van der Waals surface area contributed by atoms with E-state index in [0.717, 1.165) is 24.2 Å². The first-order valence-electron chi connectivity index (χ1n) is 8.97. The van der Waals surface area contributed by atoms with Crippen molar-refractivity contribution in [1.82, 2.24) is 0 Å². The molecule has 0 heterocycles. The highest BCUT2D eigenvalue weighted by atomic mass is 19.1. The third-order valence-corrected chi connectivity index (χ3v) is 3.73. The van der Waals surface area contributed by atoms with E-state index < -0.39 is 0 Å². The number of benzene rings is 2. The third-order valence-electron chi connectivity index (χ3n) is 3.73. The molecule has 2 rings (SSSR count). The van der Waals surface area contributed by atoms with Crippen molar-refractivity contribution in [3.8, 4) is 17.2 Å². The Bertz CT molecular complexity index is 698. The lowest BCUT2D eigenvalue weighted by Gasteiger charge is -2.13. The van der Waals surface area contributed by atoms with E-state index in [2.05, 4.69) is 6.92 Å². The van der Waals surface area contributed by atoms with Gasteiger partial charge in [0.1, 0.15) is 11.6 Å². The largest absolute Gasteiger partial charge is 0.490 e. The summed E-state index contributed by atoms with van der Waals surface area (Å²) in [4.78, 5) is 12.0. The zero-order valence-corrected chi connectivity index (χ0v) is 15.3. The smallest absolute Gasteiger partial charge is 0.311 e. The number of carbonyl (C=O) groups excluding carboxylic acids is 1. The molecule has 2 aromatic carbocycles. The summed E-state index contributed by atoms with van der Waals surface area (Å²) in [7, 11) is 0. The van der Waals surface area contributed by atoms with Crippen molar-refractivity contribution < 1.29 is 23.4 Å². The van der Waals surface area contributed by atoms with E-state index in [1.54, 1.807) is 0 Å². The molecule has 0 unspecified atom stereocenters. The minimum Gasteiger partial charge on any atom is -0.490 e. The Morgan fingerprint density at radius 2 is 1.77 bits per heavy atom. The molecular weight excluding hydrogens is 335 g/mol. The second-order valence-electron chi connectivity index (χ2n) is 5.84. The number of ether oxygens (including phenoxy) is 3. The minimum atomic E-state index is -0.366. The van der Waals surface area contributed by atoms with Crippen LogP contribution in [0.5, 0.6) is 17.2 Å². The molecule has 0 aliphatic rings. The molecule has 0 aliphatic heterocycles. The van der Waals surface area contributed by atoms with Crippen LogP contribution in [0.3, 0.4) is 0 Å². The molecule has 0 fully saturated rings. The van der Waals surface area contributed by atoms with Gasteiger partial charge in [0, 0.05) is 6.42 Å². The topological polar surface area (TPSA) is 44.8 Å². The van der Waals surface area contributed by atoms with Gasteiger partial charge in [-0.25, -0.2) is 4.39 Å². The average molecular weight is 360 g/mol. The second-order valence-corrected chi connectivity index (χ2v) is 5.84. The Morgan fingerprint density at radius 3 is 2.46 bits per heavy atom. The number of hydrogen-bond acceptors (Lipinski definition) is 4. The van der Waals surface area contributed by atoms with Gasteiger partial charge in [-0.05, 0) is 61.7 Å². The van der Waals surface area contributed by atoms with E-state index in [4.69, 9.17) is 14.2 Å². The summed E-state index contributed by atoms with van der Waals surface area (Å²) in [5, 5.41) is 0. The molecule has 0 spiro atoms. The predicted octanol–water partition coefficient (Wildman–Crippen LogP) is 4.94.